The molecule has 0 bridgehead atoms. The predicted molar refractivity (Wildman–Crippen MR) is 60.7 cm³/mol. The minimum absolute atomic E-state index is 0.0723. The van der Waals surface area contributed by atoms with Crippen molar-refractivity contribution in [3.63, 3.8) is 0 Å². The Hall–Kier alpha value is -0.910. The average Bonchev–Trinajstić information content (AvgIpc) is 2.44. The standard InChI is InChI=1S/C10H16N2O2S/c1-6-3-7(2)15-10(6)8(11)4-14-5-9(12)13/h3,8H,4-5,11H2,1-2H3,(H2,12,13). The molecule has 0 fully saturated rings. The second kappa shape index (κ2) is 5.25. The fraction of sp³-hybridized carbons (Fsp3) is 0.500. The van der Waals surface area contributed by atoms with E-state index in [4.69, 9.17) is 16.2 Å². The first-order valence-corrected chi connectivity index (χ1v) is 5.51. The zero-order valence-electron chi connectivity index (χ0n) is 8.95. The maximum absolute atomic E-state index is 10.4. The fourth-order valence-electron chi connectivity index (χ4n) is 1.39. The van der Waals surface area contributed by atoms with Crippen LogP contribution in [0.15, 0.2) is 6.07 Å². The number of nitrogens with two attached hydrogens (primary N) is 2. The quantitative estimate of drug-likeness (QED) is 0.784. The molecule has 1 atom stereocenters. The molecule has 1 heterocycles. The van der Waals surface area contributed by atoms with Gasteiger partial charge in [0.1, 0.15) is 6.61 Å². The van der Waals surface area contributed by atoms with Gasteiger partial charge in [0, 0.05) is 9.75 Å². The van der Waals surface area contributed by atoms with Gasteiger partial charge in [0.15, 0.2) is 0 Å². The Morgan fingerprint density at radius 1 is 1.60 bits per heavy atom. The van der Waals surface area contributed by atoms with E-state index in [1.54, 1.807) is 11.3 Å². The number of carbonyl (C=O) groups is 1. The number of carbonyl (C=O) groups excluding carboxylic acids is 1. The molecule has 1 unspecified atom stereocenters. The van der Waals surface area contributed by atoms with E-state index in [0.717, 1.165) is 4.88 Å². The molecule has 0 saturated carbocycles. The maximum Gasteiger partial charge on any atom is 0.243 e. The topological polar surface area (TPSA) is 78.3 Å². The van der Waals surface area contributed by atoms with Crippen LogP contribution in [0.2, 0.25) is 0 Å². The number of primary amides is 1. The summed E-state index contributed by atoms with van der Waals surface area (Å²) in [5.41, 5.74) is 12.1. The molecule has 5 heteroatoms. The van der Waals surface area contributed by atoms with Crippen molar-refractivity contribution in [2.24, 2.45) is 11.5 Å². The lowest BCUT2D eigenvalue weighted by atomic mass is 10.2. The highest BCUT2D eigenvalue weighted by Crippen LogP contribution is 2.26. The maximum atomic E-state index is 10.4. The smallest absolute Gasteiger partial charge is 0.243 e. The van der Waals surface area contributed by atoms with Gasteiger partial charge in [-0.3, -0.25) is 4.79 Å². The van der Waals surface area contributed by atoms with Gasteiger partial charge < -0.3 is 16.2 Å². The molecule has 0 saturated heterocycles. The molecule has 15 heavy (non-hydrogen) atoms. The molecular formula is C10H16N2O2S. The van der Waals surface area contributed by atoms with E-state index in [2.05, 4.69) is 6.07 Å². The van der Waals surface area contributed by atoms with E-state index < -0.39 is 5.91 Å². The molecule has 1 amide bonds. The third kappa shape index (κ3) is 3.62. The van der Waals surface area contributed by atoms with Gasteiger partial charge in [-0.25, -0.2) is 0 Å². The number of amides is 1. The zero-order chi connectivity index (χ0) is 11.4. The Kier molecular flexibility index (Phi) is 4.26. The normalized spacial score (nSPS) is 12.7. The summed E-state index contributed by atoms with van der Waals surface area (Å²) in [6.45, 7) is 4.31. The summed E-state index contributed by atoms with van der Waals surface area (Å²) in [5, 5.41) is 0. The van der Waals surface area contributed by atoms with Crippen LogP contribution in [0.5, 0.6) is 0 Å². The van der Waals surface area contributed by atoms with E-state index >= 15 is 0 Å². The van der Waals surface area contributed by atoms with Crippen LogP contribution < -0.4 is 11.5 Å². The predicted octanol–water partition coefficient (Wildman–Crippen LogP) is 0.867. The second-order valence-corrected chi connectivity index (χ2v) is 4.78. The van der Waals surface area contributed by atoms with Crippen molar-refractivity contribution < 1.29 is 9.53 Å². The highest BCUT2D eigenvalue weighted by Gasteiger charge is 2.12. The van der Waals surface area contributed by atoms with Crippen molar-refractivity contribution in [1.82, 2.24) is 0 Å². The van der Waals surface area contributed by atoms with E-state index in [1.807, 2.05) is 13.8 Å². The summed E-state index contributed by atoms with van der Waals surface area (Å²) in [6.07, 6.45) is 0. The molecule has 4 nitrogen and oxygen atoms in total. The van der Waals surface area contributed by atoms with E-state index in [0.29, 0.717) is 6.61 Å². The molecule has 0 aliphatic carbocycles. The molecular weight excluding hydrogens is 212 g/mol. The van der Waals surface area contributed by atoms with Gasteiger partial charge in [-0.1, -0.05) is 0 Å². The van der Waals surface area contributed by atoms with Crippen LogP contribution in [-0.4, -0.2) is 19.1 Å². The fourth-order valence-corrected chi connectivity index (χ4v) is 2.41. The Labute approximate surface area is 93.2 Å². The van der Waals surface area contributed by atoms with Crippen molar-refractivity contribution in [3.05, 3.63) is 21.4 Å². The molecule has 0 aliphatic rings. The van der Waals surface area contributed by atoms with Crippen LogP contribution >= 0.6 is 11.3 Å². The van der Waals surface area contributed by atoms with Crippen LogP contribution in [0, 0.1) is 13.8 Å². The lowest BCUT2D eigenvalue weighted by Gasteiger charge is -2.10. The van der Waals surface area contributed by atoms with Crippen LogP contribution in [0.25, 0.3) is 0 Å². The summed E-state index contributed by atoms with van der Waals surface area (Å²) in [5.74, 6) is -0.471. The van der Waals surface area contributed by atoms with E-state index in [1.165, 1.54) is 10.4 Å². The first kappa shape index (κ1) is 12.2. The summed E-state index contributed by atoms with van der Waals surface area (Å²) in [7, 11) is 0. The highest BCUT2D eigenvalue weighted by atomic mass is 32.1. The van der Waals surface area contributed by atoms with Crippen LogP contribution in [0.4, 0.5) is 0 Å². The van der Waals surface area contributed by atoms with Crippen LogP contribution in [0.3, 0.4) is 0 Å². The molecule has 84 valence electrons. The molecule has 1 aromatic heterocycles. The summed E-state index contributed by atoms with van der Waals surface area (Å²) < 4.78 is 5.08. The van der Waals surface area contributed by atoms with Crippen molar-refractivity contribution >= 4 is 17.2 Å². The van der Waals surface area contributed by atoms with Gasteiger partial charge in [0.25, 0.3) is 0 Å². The Morgan fingerprint density at radius 2 is 2.27 bits per heavy atom. The lowest BCUT2D eigenvalue weighted by Crippen LogP contribution is -2.23. The molecule has 1 aromatic rings. The van der Waals surface area contributed by atoms with Gasteiger partial charge in [0.2, 0.25) is 5.91 Å². The summed E-state index contributed by atoms with van der Waals surface area (Å²) in [6, 6.07) is 1.91. The molecule has 1 rings (SSSR count). The largest absolute Gasteiger partial charge is 0.370 e. The Bertz CT molecular complexity index is 349. The monoisotopic (exact) mass is 228 g/mol. The number of ether oxygens (including phenoxy) is 1. The third-order valence-electron chi connectivity index (χ3n) is 1.96. The summed E-state index contributed by atoms with van der Waals surface area (Å²) in [4.78, 5) is 12.8. The average molecular weight is 228 g/mol. The number of aryl methyl sites for hydroxylation is 2. The first-order chi connectivity index (χ1) is 7.00. The number of thiophene rings is 1. The van der Waals surface area contributed by atoms with Crippen molar-refractivity contribution in [1.29, 1.82) is 0 Å². The third-order valence-corrected chi connectivity index (χ3v) is 3.24. The van der Waals surface area contributed by atoms with E-state index in [-0.39, 0.29) is 12.6 Å². The SMILES string of the molecule is Cc1cc(C)c(C(N)COCC(N)=O)s1. The van der Waals surface area contributed by atoms with Crippen LogP contribution in [0.1, 0.15) is 21.4 Å². The van der Waals surface area contributed by atoms with Crippen LogP contribution in [-0.2, 0) is 9.53 Å². The molecule has 0 aromatic carbocycles. The number of hydrogen-bond acceptors (Lipinski definition) is 4. The van der Waals surface area contributed by atoms with Gasteiger partial charge in [-0.2, -0.15) is 0 Å². The summed E-state index contributed by atoms with van der Waals surface area (Å²) >= 11 is 1.66. The minimum atomic E-state index is -0.471. The number of hydrogen-bond donors (Lipinski definition) is 2. The highest BCUT2D eigenvalue weighted by molar-refractivity contribution is 7.12. The van der Waals surface area contributed by atoms with Gasteiger partial charge in [0.05, 0.1) is 12.6 Å². The van der Waals surface area contributed by atoms with Gasteiger partial charge in [-0.15, -0.1) is 11.3 Å². The second-order valence-electron chi connectivity index (χ2n) is 3.49. The van der Waals surface area contributed by atoms with E-state index in [9.17, 15) is 4.79 Å². The number of rotatable bonds is 5. The van der Waals surface area contributed by atoms with Gasteiger partial charge in [-0.05, 0) is 25.5 Å². The molecule has 0 radical (unpaired) electrons. The van der Waals surface area contributed by atoms with Crippen molar-refractivity contribution in [2.45, 2.75) is 19.9 Å². The zero-order valence-corrected chi connectivity index (χ0v) is 9.76. The Balaban J connectivity index is 2.50. The molecule has 0 spiro atoms. The molecule has 4 N–H and O–H groups in total. The molecule has 0 aliphatic heterocycles. The van der Waals surface area contributed by atoms with Crippen molar-refractivity contribution in [3.8, 4) is 0 Å². The van der Waals surface area contributed by atoms with Crippen molar-refractivity contribution in [2.75, 3.05) is 13.2 Å². The first-order valence-electron chi connectivity index (χ1n) is 4.69. The Morgan fingerprint density at radius 3 is 2.73 bits per heavy atom. The lowest BCUT2D eigenvalue weighted by molar-refractivity contribution is -0.122. The minimum Gasteiger partial charge on any atom is -0.370 e. The van der Waals surface area contributed by atoms with Gasteiger partial charge >= 0.3 is 0 Å².